The van der Waals surface area contributed by atoms with Crippen LogP contribution >= 0.6 is 38.5 Å². The molecule has 0 aliphatic carbocycles. The quantitative estimate of drug-likeness (QED) is 0.590. The molecule has 0 bridgehead atoms. The summed E-state index contributed by atoms with van der Waals surface area (Å²) in [4.78, 5) is 14.5. The minimum Gasteiger partial charge on any atom is -0.351 e. The Balaban J connectivity index is 2.88. The van der Waals surface area contributed by atoms with Gasteiger partial charge in [0.15, 0.2) is 5.78 Å². The smallest absolute Gasteiger partial charge is 0.176 e. The molecule has 78 valence electrons. The Kier molecular flexibility index (Phi) is 2.89. The summed E-state index contributed by atoms with van der Waals surface area (Å²) >= 11 is 5.76. The van der Waals surface area contributed by atoms with E-state index in [2.05, 4.69) is 49.6 Å². The molecule has 0 saturated carbocycles. The molecular weight excluding hydrogens is 369 g/mol. The third-order valence-electron chi connectivity index (χ3n) is 2.44. The van der Waals surface area contributed by atoms with Gasteiger partial charge in [-0.2, -0.15) is 0 Å². The number of H-pyrrole nitrogens is 1. The van der Waals surface area contributed by atoms with Crippen LogP contribution < -0.4 is 0 Å². The number of halogens is 2. The van der Waals surface area contributed by atoms with Crippen molar-refractivity contribution in [2.45, 2.75) is 13.8 Å². The second-order valence-corrected chi connectivity index (χ2v) is 5.59. The van der Waals surface area contributed by atoms with Gasteiger partial charge in [0.1, 0.15) is 0 Å². The summed E-state index contributed by atoms with van der Waals surface area (Å²) in [5.41, 5.74) is 2.72. The van der Waals surface area contributed by atoms with Crippen LogP contribution in [0.1, 0.15) is 23.0 Å². The van der Waals surface area contributed by atoms with Gasteiger partial charge in [-0.15, -0.1) is 0 Å². The van der Waals surface area contributed by atoms with Gasteiger partial charge in [-0.1, -0.05) is 0 Å². The van der Waals surface area contributed by atoms with Crippen molar-refractivity contribution >= 4 is 55.2 Å². The molecule has 1 aromatic heterocycles. The number of hydrogen-bond acceptors (Lipinski definition) is 1. The van der Waals surface area contributed by atoms with Crippen molar-refractivity contribution in [1.82, 2.24) is 4.98 Å². The molecule has 0 saturated heterocycles. The number of Topliss-reactive ketones (excluding diaryl/α,β-unsaturated/α-hetero) is 1. The van der Waals surface area contributed by atoms with Crippen molar-refractivity contribution in [1.29, 1.82) is 0 Å². The van der Waals surface area contributed by atoms with Gasteiger partial charge in [0, 0.05) is 20.4 Å². The molecule has 4 heteroatoms. The van der Waals surface area contributed by atoms with Gasteiger partial charge in [-0.05, 0) is 63.1 Å². The fourth-order valence-electron chi connectivity index (χ4n) is 1.70. The highest BCUT2D eigenvalue weighted by Crippen LogP contribution is 2.30. The number of aryl methyl sites for hydroxylation is 1. The first-order valence-corrected chi connectivity index (χ1v) is 6.36. The van der Waals surface area contributed by atoms with Crippen LogP contribution in [0.15, 0.2) is 16.6 Å². The average Bonchev–Trinajstić information content (AvgIpc) is 2.44. The molecule has 0 spiro atoms. The van der Waals surface area contributed by atoms with Gasteiger partial charge in [-0.3, -0.25) is 4.79 Å². The van der Waals surface area contributed by atoms with Gasteiger partial charge in [0.25, 0.3) is 0 Å². The Labute approximate surface area is 110 Å². The molecule has 1 aromatic carbocycles. The number of aromatic amines is 1. The number of carbonyl (C=O) groups is 1. The maximum atomic E-state index is 11.4. The molecular formula is C11H9BrINO. The van der Waals surface area contributed by atoms with Crippen LogP contribution in [0, 0.1) is 10.5 Å². The van der Waals surface area contributed by atoms with Crippen molar-refractivity contribution in [3.63, 3.8) is 0 Å². The molecule has 0 aliphatic rings. The fraction of sp³-hybridized carbons (Fsp3) is 0.182. The molecule has 0 amide bonds. The highest BCUT2D eigenvalue weighted by Gasteiger charge is 2.13. The number of benzene rings is 1. The number of rotatable bonds is 1. The number of aromatic nitrogens is 1. The van der Waals surface area contributed by atoms with Crippen LogP contribution in [0.5, 0.6) is 0 Å². The van der Waals surface area contributed by atoms with Crippen molar-refractivity contribution in [3.05, 3.63) is 31.4 Å². The highest BCUT2D eigenvalue weighted by molar-refractivity contribution is 14.1. The molecule has 0 radical (unpaired) electrons. The van der Waals surface area contributed by atoms with E-state index < -0.39 is 0 Å². The summed E-state index contributed by atoms with van der Waals surface area (Å²) in [5, 5.41) is 1.11. The summed E-state index contributed by atoms with van der Waals surface area (Å²) in [6, 6.07) is 4.11. The standard InChI is InChI=1S/C11H9BrINO/c1-5-8-3-7(13)4-9(12)11(8)14-10(5)6(2)15/h3-4,14H,1-2H3. The molecule has 0 aliphatic heterocycles. The highest BCUT2D eigenvalue weighted by atomic mass is 127. The lowest BCUT2D eigenvalue weighted by molar-refractivity contribution is 0.101. The first kappa shape index (κ1) is 11.1. The third kappa shape index (κ3) is 1.85. The van der Waals surface area contributed by atoms with Gasteiger partial charge in [0.2, 0.25) is 0 Å². The third-order valence-corrected chi connectivity index (χ3v) is 3.68. The Hall–Kier alpha value is -0.360. The van der Waals surface area contributed by atoms with Crippen LogP contribution in [0.4, 0.5) is 0 Å². The summed E-state index contributed by atoms with van der Waals surface area (Å²) in [5.74, 6) is 0.0746. The number of nitrogens with one attached hydrogen (secondary N) is 1. The van der Waals surface area contributed by atoms with Crippen molar-refractivity contribution in [3.8, 4) is 0 Å². The zero-order valence-corrected chi connectivity index (χ0v) is 12.1. The monoisotopic (exact) mass is 377 g/mol. The maximum Gasteiger partial charge on any atom is 0.176 e. The molecule has 15 heavy (non-hydrogen) atoms. The van der Waals surface area contributed by atoms with Crippen molar-refractivity contribution in [2.24, 2.45) is 0 Å². The normalized spacial score (nSPS) is 10.9. The second-order valence-electron chi connectivity index (χ2n) is 3.49. The molecule has 0 fully saturated rings. The summed E-state index contributed by atoms with van der Waals surface area (Å²) in [7, 11) is 0. The molecule has 0 unspecified atom stereocenters. The summed E-state index contributed by atoms with van der Waals surface area (Å²) in [6.45, 7) is 3.55. The topological polar surface area (TPSA) is 32.9 Å². The SMILES string of the molecule is CC(=O)c1[nH]c2c(Br)cc(I)cc2c1C. The van der Waals surface area contributed by atoms with Crippen LogP contribution in [0.3, 0.4) is 0 Å². The Morgan fingerprint density at radius 2 is 2.13 bits per heavy atom. The average molecular weight is 378 g/mol. The zero-order chi connectivity index (χ0) is 11.2. The van der Waals surface area contributed by atoms with Gasteiger partial charge in [0.05, 0.1) is 11.2 Å². The first-order chi connectivity index (χ1) is 7.00. The van der Waals surface area contributed by atoms with E-state index in [4.69, 9.17) is 0 Å². The van der Waals surface area contributed by atoms with E-state index in [0.717, 1.165) is 24.5 Å². The number of ketones is 1. The van der Waals surface area contributed by atoms with E-state index in [0.29, 0.717) is 5.69 Å². The number of fused-ring (bicyclic) bond motifs is 1. The summed E-state index contributed by atoms with van der Waals surface area (Å²) < 4.78 is 2.16. The van der Waals surface area contributed by atoms with Crippen LogP contribution in [-0.2, 0) is 0 Å². The first-order valence-electron chi connectivity index (χ1n) is 4.49. The minimum absolute atomic E-state index is 0.0746. The molecule has 1 heterocycles. The second kappa shape index (κ2) is 3.90. The van der Waals surface area contributed by atoms with E-state index in [1.807, 2.05) is 13.0 Å². The Morgan fingerprint density at radius 3 is 2.73 bits per heavy atom. The summed E-state index contributed by atoms with van der Waals surface area (Å²) in [6.07, 6.45) is 0. The Bertz CT molecular complexity index is 559. The van der Waals surface area contributed by atoms with Gasteiger partial charge in [-0.25, -0.2) is 0 Å². The van der Waals surface area contributed by atoms with E-state index >= 15 is 0 Å². The van der Waals surface area contributed by atoms with Crippen molar-refractivity contribution in [2.75, 3.05) is 0 Å². The molecule has 1 N–H and O–H groups in total. The molecule has 0 atom stereocenters. The largest absolute Gasteiger partial charge is 0.351 e. The fourth-order valence-corrected chi connectivity index (χ4v) is 3.31. The van der Waals surface area contributed by atoms with E-state index in [9.17, 15) is 4.79 Å². The maximum absolute atomic E-state index is 11.4. The van der Waals surface area contributed by atoms with Crippen LogP contribution in [0.2, 0.25) is 0 Å². The van der Waals surface area contributed by atoms with Crippen LogP contribution in [0.25, 0.3) is 10.9 Å². The molecule has 2 aromatic rings. The van der Waals surface area contributed by atoms with E-state index in [1.165, 1.54) is 0 Å². The zero-order valence-electron chi connectivity index (χ0n) is 8.32. The van der Waals surface area contributed by atoms with Crippen molar-refractivity contribution < 1.29 is 4.79 Å². The van der Waals surface area contributed by atoms with E-state index in [1.54, 1.807) is 6.92 Å². The van der Waals surface area contributed by atoms with Gasteiger partial charge >= 0.3 is 0 Å². The predicted molar refractivity (Wildman–Crippen MR) is 73.5 cm³/mol. The number of hydrogen-bond donors (Lipinski definition) is 1. The van der Waals surface area contributed by atoms with Gasteiger partial charge < -0.3 is 4.98 Å². The van der Waals surface area contributed by atoms with Crippen LogP contribution in [-0.4, -0.2) is 10.8 Å². The Morgan fingerprint density at radius 1 is 1.47 bits per heavy atom. The lowest BCUT2D eigenvalue weighted by Gasteiger charge is -1.96. The van der Waals surface area contributed by atoms with E-state index in [-0.39, 0.29) is 5.78 Å². The number of carbonyl (C=O) groups excluding carboxylic acids is 1. The predicted octanol–water partition coefficient (Wildman–Crippen LogP) is 4.05. The molecule has 2 nitrogen and oxygen atoms in total. The molecule has 2 rings (SSSR count). The lowest BCUT2D eigenvalue weighted by atomic mass is 10.1. The minimum atomic E-state index is 0.0746. The lowest BCUT2D eigenvalue weighted by Crippen LogP contribution is -1.93.